The summed E-state index contributed by atoms with van der Waals surface area (Å²) in [6.07, 6.45) is 40.3. The van der Waals surface area contributed by atoms with Crippen molar-refractivity contribution in [1.29, 1.82) is 0 Å². The van der Waals surface area contributed by atoms with Gasteiger partial charge in [0, 0.05) is 11.1 Å². The van der Waals surface area contributed by atoms with Crippen LogP contribution in [0.25, 0.3) is 0 Å². The molecule has 0 aromatic heterocycles. The topological polar surface area (TPSA) is 36.9 Å². The number of hydrogen-bond donors (Lipinski definition) is 0. The number of allylic oxidation sites excluding steroid dienone is 18. The molecule has 0 aliphatic carbocycles. The van der Waals surface area contributed by atoms with Crippen LogP contribution in [0.4, 0.5) is 0 Å². The van der Waals surface area contributed by atoms with Gasteiger partial charge in [0.05, 0.1) is 28.4 Å². The van der Waals surface area contributed by atoms with E-state index in [-0.39, 0.29) is 35.5 Å². The van der Waals surface area contributed by atoms with Crippen molar-refractivity contribution in [2.24, 2.45) is 0 Å². The second-order valence-corrected chi connectivity index (χ2v) is 17.9. The molecule has 0 aliphatic heterocycles. The molecule has 4 nitrogen and oxygen atoms in total. The molecule has 372 valence electrons. The van der Waals surface area contributed by atoms with Crippen molar-refractivity contribution >= 4 is 23.1 Å². The number of ether oxygens (including phenoxy) is 4. The predicted octanol–water partition coefficient (Wildman–Crippen LogP) is 15.8. The monoisotopic (exact) mass is 943 g/mol. The molecule has 1 aromatic carbocycles. The number of halogens is 1. The van der Waals surface area contributed by atoms with E-state index in [2.05, 4.69) is 146 Å². The van der Waals surface area contributed by atoms with Gasteiger partial charge in [-0.15, -0.1) is 6.92 Å². The number of hydrogen-bond acceptors (Lipinski definition) is 4. The minimum absolute atomic E-state index is 0. The third-order valence-corrected chi connectivity index (χ3v) is 11.5. The van der Waals surface area contributed by atoms with Crippen molar-refractivity contribution in [2.75, 3.05) is 28.4 Å². The van der Waals surface area contributed by atoms with Gasteiger partial charge >= 0.3 is 23.1 Å². The molecule has 0 amide bonds. The van der Waals surface area contributed by atoms with Gasteiger partial charge in [-0.25, -0.2) is 18.6 Å². The average molecular weight is 944 g/mol. The van der Waals surface area contributed by atoms with Gasteiger partial charge in [-0.2, -0.15) is 0 Å². The molecule has 0 heterocycles. The van der Waals surface area contributed by atoms with E-state index in [9.17, 15) is 0 Å². The van der Waals surface area contributed by atoms with Crippen LogP contribution in [0.15, 0.2) is 105 Å². The predicted molar refractivity (Wildman–Crippen MR) is 293 cm³/mol. The average Bonchev–Trinajstić information content (AvgIpc) is 3.25. The van der Waals surface area contributed by atoms with Gasteiger partial charge in [0.25, 0.3) is 0 Å². The minimum atomic E-state index is 0. The molecule has 0 saturated carbocycles. The normalized spacial score (nSPS) is 12.8. The molecule has 0 atom stereocenters. The van der Waals surface area contributed by atoms with Gasteiger partial charge in [-0.05, 0) is 166 Å². The number of rotatable bonds is 28. The van der Waals surface area contributed by atoms with Crippen molar-refractivity contribution in [3.8, 4) is 23.0 Å². The fraction of sp³-hybridized carbons (Fsp3) is 0.583. The van der Waals surface area contributed by atoms with E-state index in [1.807, 2.05) is 13.0 Å². The van der Waals surface area contributed by atoms with E-state index in [1.54, 1.807) is 34.0 Å². The van der Waals surface area contributed by atoms with Crippen LogP contribution in [0.2, 0.25) is 0 Å². The Labute approximate surface area is 432 Å². The summed E-state index contributed by atoms with van der Waals surface area (Å²) in [6.45, 7) is 34.5. The zero-order valence-electron chi connectivity index (χ0n) is 46.1. The Morgan fingerprint density at radius 3 is 1.05 bits per heavy atom. The van der Waals surface area contributed by atoms with Gasteiger partial charge in [0.2, 0.25) is 11.5 Å². The first kappa shape index (κ1) is 69.6. The number of methoxy groups -OCH3 is 4. The van der Waals surface area contributed by atoms with Crippen molar-refractivity contribution in [3.05, 3.63) is 123 Å². The molecule has 0 spiro atoms. The summed E-state index contributed by atoms with van der Waals surface area (Å²) in [7, 11) is 6.53. The fourth-order valence-electron chi connectivity index (χ4n) is 7.14. The first-order valence-electron chi connectivity index (χ1n) is 24.5. The van der Waals surface area contributed by atoms with Gasteiger partial charge in [-0.3, -0.25) is 0 Å². The molecule has 0 saturated heterocycles. The van der Waals surface area contributed by atoms with E-state index in [4.69, 9.17) is 18.9 Å². The third-order valence-electron chi connectivity index (χ3n) is 11.5. The van der Waals surface area contributed by atoms with Crippen LogP contribution < -0.4 is 31.4 Å². The van der Waals surface area contributed by atoms with Gasteiger partial charge in [-0.1, -0.05) is 126 Å². The zero-order valence-corrected chi connectivity index (χ0v) is 48.3. The van der Waals surface area contributed by atoms with Crippen molar-refractivity contribution in [1.82, 2.24) is 0 Å². The van der Waals surface area contributed by atoms with Crippen LogP contribution in [-0.2, 0) is 6.42 Å². The summed E-state index contributed by atoms with van der Waals surface area (Å²) < 4.78 is 22.3. The molecule has 6 heteroatoms. The summed E-state index contributed by atoms with van der Waals surface area (Å²) in [5.74, 6) is 2.53. The molecule has 0 aliphatic rings. The Morgan fingerprint density at radius 2 is 0.727 bits per heavy atom. The maximum Gasteiger partial charge on any atom is 2.00 e. The molecule has 0 N–H and O–H groups in total. The third kappa shape index (κ3) is 34.3. The fourth-order valence-corrected chi connectivity index (χ4v) is 7.14. The maximum absolute atomic E-state index is 5.66. The van der Waals surface area contributed by atoms with Gasteiger partial charge < -0.3 is 31.4 Å². The van der Waals surface area contributed by atoms with E-state index in [0.29, 0.717) is 23.0 Å². The summed E-state index contributed by atoms with van der Waals surface area (Å²) in [5.41, 5.74) is 15.3. The maximum atomic E-state index is 5.66. The van der Waals surface area contributed by atoms with E-state index < -0.39 is 0 Å². The molecule has 0 fully saturated rings. The van der Waals surface area contributed by atoms with Crippen LogP contribution in [0, 0.1) is 13.8 Å². The largest absolute Gasteiger partial charge is 2.00 e. The van der Waals surface area contributed by atoms with Crippen molar-refractivity contribution in [3.63, 3.8) is 0 Å². The summed E-state index contributed by atoms with van der Waals surface area (Å²) in [6, 6.07) is 0. The smallest absolute Gasteiger partial charge is 1.00 e. The van der Waals surface area contributed by atoms with E-state index in [1.165, 1.54) is 122 Å². The first-order valence-corrected chi connectivity index (χ1v) is 24.5. The minimum Gasteiger partial charge on any atom is -1.00 e. The molecule has 0 bridgehead atoms. The van der Waals surface area contributed by atoms with Gasteiger partial charge in [0.15, 0.2) is 11.5 Å². The van der Waals surface area contributed by atoms with Crippen LogP contribution in [0.3, 0.4) is 0 Å². The Balaban J connectivity index is -0.000000444. The molecule has 1 aromatic rings. The van der Waals surface area contributed by atoms with Crippen LogP contribution in [0.5, 0.6) is 23.0 Å². The van der Waals surface area contributed by atoms with Crippen LogP contribution in [0.1, 0.15) is 204 Å². The molecule has 1 rings (SSSR count). The number of benzene rings is 1. The second kappa shape index (κ2) is 44.5. The van der Waals surface area contributed by atoms with Crippen molar-refractivity contribution in [2.45, 2.75) is 206 Å². The Hall–Kier alpha value is -2.99. The Kier molecular flexibility index (Phi) is 46.9. The second-order valence-electron chi connectivity index (χ2n) is 17.9. The van der Waals surface area contributed by atoms with Crippen LogP contribution >= 0.6 is 0 Å². The molecule has 0 unspecified atom stereocenters. The van der Waals surface area contributed by atoms with Crippen molar-refractivity contribution < 1.29 is 31.4 Å². The molecular formula is C60H99ClMgO4. The summed E-state index contributed by atoms with van der Waals surface area (Å²) in [5, 5.41) is 0. The molecular weight excluding hydrogens is 844 g/mol. The van der Waals surface area contributed by atoms with Crippen LogP contribution in [-0.4, -0.2) is 51.5 Å². The standard InChI is InChI=1S/C23H36O4.C20H33.C17H30.ClH.Mg/c1-9-11-16(2)12-10-13-17(3)14-15-19-18(4)20(24-5)22(26-7)23(27-8)21(19)25-6;1-7-18(4)12-9-14-20(6)16-10-15-19(5)13-8-11-17(2)3;1-6-10-16(4)12-9-14-17(5)13-8-11-15(3)7-2;;/h12,14H,9-11,13,15H2,1-8H3;7,11,14-15H,1,8-10,12-13,16H2,2-6H3;7,12-13H,6,8-11,14H2,1-5H3;1H;/q;-1;;;+2/p-1/b16-12+,17-14+;18-7+,19-15+,20-14+;15-7+,16-12+,17-13+;;. The molecule has 0 radical (unpaired) electrons. The SMILES string of the molecule is C/C=C(\C)CC/C=C(\C)CC/C=C(\C)CCC.CCC/C(C)=C/CC/C(C)=C/Cc1c(C)c(OC)c(OC)c(OC)c1OC.[CH2-]/C=C(\C)CC/C=C(\C)CC/C=C(\C)CCC=C(C)C.[Cl-].[Mg+2]. The van der Waals surface area contributed by atoms with E-state index >= 15 is 0 Å². The zero-order chi connectivity index (χ0) is 48.9. The Morgan fingerprint density at radius 1 is 0.424 bits per heavy atom. The van der Waals surface area contributed by atoms with E-state index in [0.717, 1.165) is 43.2 Å². The quantitative estimate of drug-likeness (QED) is 0.0477. The molecule has 66 heavy (non-hydrogen) atoms. The Bertz CT molecular complexity index is 1730. The summed E-state index contributed by atoms with van der Waals surface area (Å²) in [4.78, 5) is 0. The van der Waals surface area contributed by atoms with Gasteiger partial charge in [0.1, 0.15) is 0 Å². The first-order chi connectivity index (χ1) is 30.5. The summed E-state index contributed by atoms with van der Waals surface area (Å²) >= 11 is 0.